The molecule has 0 bridgehead atoms. The third-order valence-electron chi connectivity index (χ3n) is 2.77. The molecule has 0 aromatic heterocycles. The van der Waals surface area contributed by atoms with Gasteiger partial charge in [-0.15, -0.1) is 0 Å². The number of rotatable bonds is 1. The third kappa shape index (κ3) is 1.28. The lowest BCUT2D eigenvalue weighted by molar-refractivity contribution is -0.119. The van der Waals surface area contributed by atoms with Gasteiger partial charge in [-0.25, -0.2) is 4.39 Å². The summed E-state index contributed by atoms with van der Waals surface area (Å²) in [4.78, 5) is 11.6. The van der Waals surface area contributed by atoms with E-state index in [2.05, 4.69) is 5.32 Å². The first-order valence-electron chi connectivity index (χ1n) is 4.66. The van der Waals surface area contributed by atoms with Gasteiger partial charge in [0.2, 0.25) is 5.91 Å². The zero-order valence-corrected chi connectivity index (χ0v) is 8.85. The van der Waals surface area contributed by atoms with Gasteiger partial charge in [0.15, 0.2) is 0 Å². The van der Waals surface area contributed by atoms with Gasteiger partial charge in [0, 0.05) is 6.07 Å². The predicted octanol–water partition coefficient (Wildman–Crippen LogP) is 2.06. The molecule has 80 valence electrons. The highest BCUT2D eigenvalue weighted by molar-refractivity contribution is 6.07. The van der Waals surface area contributed by atoms with Crippen molar-refractivity contribution in [3.63, 3.8) is 0 Å². The molecule has 0 aliphatic carbocycles. The lowest BCUT2D eigenvalue weighted by Gasteiger charge is -2.15. The summed E-state index contributed by atoms with van der Waals surface area (Å²) in [6.45, 7) is 3.51. The van der Waals surface area contributed by atoms with Gasteiger partial charge >= 0.3 is 0 Å². The Morgan fingerprint density at radius 3 is 2.67 bits per heavy atom. The highest BCUT2D eigenvalue weighted by Gasteiger charge is 2.40. The van der Waals surface area contributed by atoms with Crippen molar-refractivity contribution in [2.24, 2.45) is 0 Å². The Labute approximate surface area is 87.2 Å². The van der Waals surface area contributed by atoms with Crippen LogP contribution < -0.4 is 10.1 Å². The van der Waals surface area contributed by atoms with Crippen LogP contribution in [0.4, 0.5) is 10.1 Å². The van der Waals surface area contributed by atoms with Crippen LogP contribution in [0.3, 0.4) is 0 Å². The smallest absolute Gasteiger partial charge is 0.234 e. The molecule has 1 amide bonds. The van der Waals surface area contributed by atoms with Crippen molar-refractivity contribution in [3.05, 3.63) is 23.5 Å². The molecule has 1 aromatic carbocycles. The molecular formula is C11H12FNO2. The Morgan fingerprint density at radius 2 is 2.07 bits per heavy atom. The van der Waals surface area contributed by atoms with Crippen molar-refractivity contribution in [2.45, 2.75) is 19.3 Å². The SMILES string of the molecule is COc1cc(F)cc2c1NC(=O)C2(C)C. The summed E-state index contributed by atoms with van der Waals surface area (Å²) in [5.74, 6) is -0.166. The summed E-state index contributed by atoms with van der Waals surface area (Å²) in [6, 6.07) is 2.64. The van der Waals surface area contributed by atoms with E-state index in [1.54, 1.807) is 13.8 Å². The Bertz CT molecular complexity index is 440. The van der Waals surface area contributed by atoms with Crippen molar-refractivity contribution >= 4 is 11.6 Å². The van der Waals surface area contributed by atoms with Gasteiger partial charge in [0.05, 0.1) is 18.2 Å². The Hall–Kier alpha value is -1.58. The molecule has 1 aromatic rings. The van der Waals surface area contributed by atoms with E-state index in [0.29, 0.717) is 17.0 Å². The van der Waals surface area contributed by atoms with Gasteiger partial charge in [-0.1, -0.05) is 0 Å². The Kier molecular flexibility index (Phi) is 1.96. The van der Waals surface area contributed by atoms with Crippen LogP contribution >= 0.6 is 0 Å². The van der Waals surface area contributed by atoms with Crippen LogP contribution in [-0.2, 0) is 10.2 Å². The number of halogens is 1. The maximum atomic E-state index is 13.3. The molecule has 1 aliphatic rings. The fraction of sp³-hybridized carbons (Fsp3) is 0.364. The maximum Gasteiger partial charge on any atom is 0.234 e. The van der Waals surface area contributed by atoms with Gasteiger partial charge < -0.3 is 10.1 Å². The number of nitrogens with one attached hydrogen (secondary N) is 1. The van der Waals surface area contributed by atoms with Gasteiger partial charge in [0.25, 0.3) is 0 Å². The van der Waals surface area contributed by atoms with Gasteiger partial charge in [0.1, 0.15) is 11.6 Å². The quantitative estimate of drug-likeness (QED) is 0.768. The molecule has 4 heteroatoms. The number of anilines is 1. The summed E-state index contributed by atoms with van der Waals surface area (Å²) in [6.07, 6.45) is 0. The fourth-order valence-corrected chi connectivity index (χ4v) is 1.76. The molecule has 1 N–H and O–H groups in total. The number of amides is 1. The van der Waals surface area contributed by atoms with E-state index in [4.69, 9.17) is 4.74 Å². The number of ether oxygens (including phenoxy) is 1. The molecule has 0 fully saturated rings. The molecule has 15 heavy (non-hydrogen) atoms. The molecular weight excluding hydrogens is 197 g/mol. The van der Waals surface area contributed by atoms with Crippen LogP contribution in [-0.4, -0.2) is 13.0 Å². The summed E-state index contributed by atoms with van der Waals surface area (Å²) in [7, 11) is 1.45. The number of fused-ring (bicyclic) bond motifs is 1. The Balaban J connectivity index is 2.68. The van der Waals surface area contributed by atoms with E-state index in [1.807, 2.05) is 0 Å². The third-order valence-corrected chi connectivity index (χ3v) is 2.77. The molecule has 1 aliphatic heterocycles. The summed E-state index contributed by atoms with van der Waals surface area (Å²) in [5, 5.41) is 2.70. The van der Waals surface area contributed by atoms with E-state index in [0.717, 1.165) is 0 Å². The maximum absolute atomic E-state index is 13.3. The zero-order valence-electron chi connectivity index (χ0n) is 8.85. The van der Waals surface area contributed by atoms with Crippen LogP contribution in [0.1, 0.15) is 19.4 Å². The monoisotopic (exact) mass is 209 g/mol. The van der Waals surface area contributed by atoms with Crippen LogP contribution in [0.15, 0.2) is 12.1 Å². The van der Waals surface area contributed by atoms with E-state index in [1.165, 1.54) is 19.2 Å². The topological polar surface area (TPSA) is 38.3 Å². The molecule has 0 atom stereocenters. The van der Waals surface area contributed by atoms with Crippen molar-refractivity contribution in [1.82, 2.24) is 0 Å². The predicted molar refractivity (Wildman–Crippen MR) is 54.6 cm³/mol. The summed E-state index contributed by atoms with van der Waals surface area (Å²) in [5.41, 5.74) is 0.517. The van der Waals surface area contributed by atoms with Crippen molar-refractivity contribution in [1.29, 1.82) is 0 Å². The lowest BCUT2D eigenvalue weighted by Crippen LogP contribution is -2.26. The fourth-order valence-electron chi connectivity index (χ4n) is 1.76. The summed E-state index contributed by atoms with van der Waals surface area (Å²) < 4.78 is 18.3. The first-order chi connectivity index (χ1) is 6.96. The van der Waals surface area contributed by atoms with Crippen LogP contribution in [0.25, 0.3) is 0 Å². The molecule has 0 spiro atoms. The number of carbonyl (C=O) groups excluding carboxylic acids is 1. The van der Waals surface area contributed by atoms with Crippen molar-refractivity contribution < 1.29 is 13.9 Å². The van der Waals surface area contributed by atoms with Gasteiger partial charge in [-0.3, -0.25) is 4.79 Å². The first kappa shape index (κ1) is 9.96. The van der Waals surface area contributed by atoms with Crippen molar-refractivity contribution in [3.8, 4) is 5.75 Å². The molecule has 0 unspecified atom stereocenters. The molecule has 1 heterocycles. The van der Waals surface area contributed by atoms with Gasteiger partial charge in [-0.05, 0) is 25.5 Å². The number of hydrogen-bond donors (Lipinski definition) is 1. The molecule has 0 radical (unpaired) electrons. The van der Waals surface area contributed by atoms with Gasteiger partial charge in [-0.2, -0.15) is 0 Å². The standard InChI is InChI=1S/C11H12FNO2/c1-11(2)7-4-6(12)5-8(15-3)9(7)13-10(11)14/h4-5H,1-3H3,(H,13,14). The number of methoxy groups -OCH3 is 1. The minimum absolute atomic E-state index is 0.138. The van der Waals surface area contributed by atoms with Crippen LogP contribution in [0, 0.1) is 5.82 Å². The zero-order chi connectivity index (χ0) is 11.2. The minimum Gasteiger partial charge on any atom is -0.494 e. The minimum atomic E-state index is -0.704. The second kappa shape index (κ2) is 2.95. The number of benzene rings is 1. The van der Waals surface area contributed by atoms with E-state index in [9.17, 15) is 9.18 Å². The van der Waals surface area contributed by atoms with E-state index >= 15 is 0 Å². The van der Waals surface area contributed by atoms with Crippen LogP contribution in [0.5, 0.6) is 5.75 Å². The number of hydrogen-bond acceptors (Lipinski definition) is 2. The lowest BCUT2D eigenvalue weighted by atomic mass is 9.86. The Morgan fingerprint density at radius 1 is 1.40 bits per heavy atom. The average molecular weight is 209 g/mol. The first-order valence-corrected chi connectivity index (χ1v) is 4.66. The van der Waals surface area contributed by atoms with E-state index < -0.39 is 11.2 Å². The second-order valence-corrected chi connectivity index (χ2v) is 4.11. The summed E-state index contributed by atoms with van der Waals surface area (Å²) >= 11 is 0. The van der Waals surface area contributed by atoms with Crippen LogP contribution in [0.2, 0.25) is 0 Å². The highest BCUT2D eigenvalue weighted by Crippen LogP contribution is 2.43. The second-order valence-electron chi connectivity index (χ2n) is 4.11. The largest absolute Gasteiger partial charge is 0.494 e. The molecule has 0 saturated heterocycles. The highest BCUT2D eigenvalue weighted by atomic mass is 19.1. The molecule has 2 rings (SSSR count). The molecule has 0 saturated carbocycles. The normalized spacial score (nSPS) is 17.2. The van der Waals surface area contributed by atoms with E-state index in [-0.39, 0.29) is 5.91 Å². The molecule has 3 nitrogen and oxygen atoms in total. The number of carbonyl (C=O) groups is 1. The van der Waals surface area contributed by atoms with Crippen molar-refractivity contribution in [2.75, 3.05) is 12.4 Å². The average Bonchev–Trinajstić information content (AvgIpc) is 2.39.